The zero-order valence-corrected chi connectivity index (χ0v) is 21.2. The minimum atomic E-state index is -0.333. The molecule has 0 spiro atoms. The monoisotopic (exact) mass is 492 g/mol. The number of halogens is 1. The second-order valence-electron chi connectivity index (χ2n) is 8.87. The van der Waals surface area contributed by atoms with Gasteiger partial charge in [0, 0.05) is 24.3 Å². The third-order valence-corrected chi connectivity index (χ3v) is 6.63. The van der Waals surface area contributed by atoms with E-state index in [0.717, 1.165) is 48.3 Å². The smallest absolute Gasteiger partial charge is 0.317 e. The normalized spacial score (nSPS) is 14.3. The number of urea groups is 1. The van der Waals surface area contributed by atoms with Gasteiger partial charge in [0.25, 0.3) is 0 Å². The van der Waals surface area contributed by atoms with Crippen molar-refractivity contribution in [3.63, 3.8) is 0 Å². The van der Waals surface area contributed by atoms with Gasteiger partial charge in [0.2, 0.25) is 5.91 Å². The SMILES string of the molecule is CCCCNC(=O)N(CCCC)CC(=O)N1c2ccccc2-n2cccc2C1c1ccc(Cl)cc1. The van der Waals surface area contributed by atoms with Crippen molar-refractivity contribution in [2.45, 2.75) is 45.6 Å². The number of nitrogens with one attached hydrogen (secondary N) is 1. The quantitative estimate of drug-likeness (QED) is 0.363. The molecule has 6 nitrogen and oxygen atoms in total. The molecule has 0 aliphatic carbocycles. The maximum atomic E-state index is 14.0. The Morgan fingerprint density at radius 1 is 0.943 bits per heavy atom. The molecule has 2 aromatic carbocycles. The lowest BCUT2D eigenvalue weighted by Gasteiger charge is -2.39. The van der Waals surface area contributed by atoms with Crippen molar-refractivity contribution in [1.82, 2.24) is 14.8 Å². The first-order chi connectivity index (χ1) is 17.0. The maximum absolute atomic E-state index is 14.0. The maximum Gasteiger partial charge on any atom is 0.317 e. The highest BCUT2D eigenvalue weighted by molar-refractivity contribution is 6.30. The fraction of sp³-hybridized carbons (Fsp3) is 0.357. The van der Waals surface area contributed by atoms with E-state index in [0.29, 0.717) is 18.1 Å². The molecule has 0 bridgehead atoms. The van der Waals surface area contributed by atoms with Gasteiger partial charge in [0.05, 0.1) is 17.1 Å². The van der Waals surface area contributed by atoms with Crippen molar-refractivity contribution >= 4 is 29.2 Å². The second-order valence-corrected chi connectivity index (χ2v) is 9.31. The molecule has 1 aliphatic heterocycles. The number of anilines is 1. The van der Waals surface area contributed by atoms with Crippen LogP contribution in [0.15, 0.2) is 66.9 Å². The summed E-state index contributed by atoms with van der Waals surface area (Å²) in [5, 5.41) is 3.62. The Morgan fingerprint density at radius 2 is 1.66 bits per heavy atom. The molecule has 3 aromatic rings. The van der Waals surface area contributed by atoms with Crippen LogP contribution < -0.4 is 10.2 Å². The Kier molecular flexibility index (Phi) is 8.13. The molecule has 0 fully saturated rings. The fourth-order valence-electron chi connectivity index (χ4n) is 4.55. The number of hydrogen-bond donors (Lipinski definition) is 1. The predicted molar refractivity (Wildman–Crippen MR) is 141 cm³/mol. The van der Waals surface area contributed by atoms with Gasteiger partial charge in [-0.25, -0.2) is 4.79 Å². The van der Waals surface area contributed by atoms with Crippen molar-refractivity contribution < 1.29 is 9.59 Å². The van der Waals surface area contributed by atoms with Crippen LogP contribution in [0.2, 0.25) is 5.02 Å². The number of amides is 3. The summed E-state index contributed by atoms with van der Waals surface area (Å²) in [5.41, 5.74) is 3.72. The highest BCUT2D eigenvalue weighted by atomic mass is 35.5. The zero-order valence-electron chi connectivity index (χ0n) is 20.4. The van der Waals surface area contributed by atoms with Crippen LogP contribution in [-0.4, -0.2) is 41.0 Å². The number of hydrogen-bond acceptors (Lipinski definition) is 2. The number of unbranched alkanes of at least 4 members (excludes halogenated alkanes) is 2. The first kappa shape index (κ1) is 24.9. The van der Waals surface area contributed by atoms with Gasteiger partial charge < -0.3 is 14.8 Å². The molecule has 4 rings (SSSR count). The Labute approximate surface area is 212 Å². The summed E-state index contributed by atoms with van der Waals surface area (Å²) < 4.78 is 2.13. The molecular formula is C28H33ClN4O2. The summed E-state index contributed by atoms with van der Waals surface area (Å²) in [6.07, 6.45) is 5.72. The van der Waals surface area contributed by atoms with Crippen LogP contribution in [0.3, 0.4) is 0 Å². The van der Waals surface area contributed by atoms with Crippen LogP contribution in [0.5, 0.6) is 0 Å². The van der Waals surface area contributed by atoms with Crippen LogP contribution >= 0.6 is 11.6 Å². The summed E-state index contributed by atoms with van der Waals surface area (Å²) in [6, 6.07) is 19.1. The first-order valence-corrected chi connectivity index (χ1v) is 12.8. The lowest BCUT2D eigenvalue weighted by atomic mass is 9.97. The van der Waals surface area contributed by atoms with Gasteiger partial charge in [0.1, 0.15) is 12.6 Å². The predicted octanol–water partition coefficient (Wildman–Crippen LogP) is 6.18. The van der Waals surface area contributed by atoms with E-state index in [1.165, 1.54) is 0 Å². The van der Waals surface area contributed by atoms with Crippen molar-refractivity contribution in [3.8, 4) is 5.69 Å². The standard InChI is InChI=1S/C28H33ClN4O2/c1-3-5-17-30-28(35)31(18-6-4-2)20-26(34)33-24-11-8-7-10-23(24)32-19-9-12-25(32)27(33)21-13-15-22(29)16-14-21/h7-16,19,27H,3-6,17-18,20H2,1-2H3,(H,30,35). The summed E-state index contributed by atoms with van der Waals surface area (Å²) >= 11 is 6.18. The minimum Gasteiger partial charge on any atom is -0.338 e. The molecule has 1 N–H and O–H groups in total. The Balaban J connectivity index is 1.70. The molecule has 7 heteroatoms. The number of fused-ring (bicyclic) bond motifs is 3. The van der Waals surface area contributed by atoms with Crippen LogP contribution in [0.1, 0.15) is 56.8 Å². The Bertz CT molecular complexity index is 1160. The largest absolute Gasteiger partial charge is 0.338 e. The fourth-order valence-corrected chi connectivity index (χ4v) is 4.67. The average Bonchev–Trinajstić information content (AvgIpc) is 3.36. The van der Waals surface area contributed by atoms with E-state index >= 15 is 0 Å². The first-order valence-electron chi connectivity index (χ1n) is 12.4. The highest BCUT2D eigenvalue weighted by Gasteiger charge is 2.36. The summed E-state index contributed by atoms with van der Waals surface area (Å²) in [6.45, 7) is 5.33. The van der Waals surface area contributed by atoms with Crippen molar-refractivity contribution in [2.24, 2.45) is 0 Å². The molecule has 1 aromatic heterocycles. The third-order valence-electron chi connectivity index (χ3n) is 6.38. The van der Waals surface area contributed by atoms with Gasteiger partial charge in [-0.2, -0.15) is 0 Å². The lowest BCUT2D eigenvalue weighted by Crippen LogP contribution is -2.49. The zero-order chi connectivity index (χ0) is 24.8. The van der Waals surface area contributed by atoms with Crippen molar-refractivity contribution in [3.05, 3.63) is 83.1 Å². The molecule has 1 aliphatic rings. The van der Waals surface area contributed by atoms with Gasteiger partial charge in [-0.1, -0.05) is 62.6 Å². The molecular weight excluding hydrogens is 460 g/mol. The summed E-state index contributed by atoms with van der Waals surface area (Å²) in [4.78, 5) is 30.5. The van der Waals surface area contributed by atoms with Crippen molar-refractivity contribution in [2.75, 3.05) is 24.5 Å². The molecule has 0 radical (unpaired) electrons. The number of carbonyl (C=O) groups excluding carboxylic acids is 2. The third kappa shape index (κ3) is 5.38. The topological polar surface area (TPSA) is 57.6 Å². The van der Waals surface area contributed by atoms with Crippen molar-refractivity contribution in [1.29, 1.82) is 0 Å². The number of carbonyl (C=O) groups is 2. The van der Waals surface area contributed by atoms with E-state index < -0.39 is 0 Å². The summed E-state index contributed by atoms with van der Waals surface area (Å²) in [5.74, 6) is -0.119. The van der Waals surface area contributed by atoms with E-state index in [1.54, 1.807) is 4.90 Å². The molecule has 3 amide bonds. The van der Waals surface area contributed by atoms with Crippen LogP contribution in [-0.2, 0) is 4.79 Å². The van der Waals surface area contributed by atoms with Crippen LogP contribution in [0.4, 0.5) is 10.5 Å². The molecule has 0 saturated carbocycles. The second kappa shape index (κ2) is 11.5. The van der Waals surface area contributed by atoms with Gasteiger partial charge in [0.15, 0.2) is 0 Å². The molecule has 1 atom stereocenters. The molecule has 184 valence electrons. The molecule has 2 heterocycles. The van der Waals surface area contributed by atoms with Gasteiger partial charge >= 0.3 is 6.03 Å². The summed E-state index contributed by atoms with van der Waals surface area (Å²) in [7, 11) is 0. The van der Waals surface area contributed by atoms with Crippen LogP contribution in [0.25, 0.3) is 5.69 Å². The average molecular weight is 493 g/mol. The number of benzene rings is 2. The molecule has 35 heavy (non-hydrogen) atoms. The van der Waals surface area contributed by atoms with E-state index in [1.807, 2.05) is 71.8 Å². The van der Waals surface area contributed by atoms with E-state index in [4.69, 9.17) is 11.6 Å². The minimum absolute atomic E-state index is 0.0110. The van der Waals surface area contributed by atoms with E-state index in [2.05, 4.69) is 23.7 Å². The van der Waals surface area contributed by atoms with Gasteiger partial charge in [-0.3, -0.25) is 9.69 Å². The Morgan fingerprint density at radius 3 is 2.37 bits per heavy atom. The van der Waals surface area contributed by atoms with E-state index in [9.17, 15) is 9.59 Å². The number of nitrogens with zero attached hydrogens (tertiary/aromatic N) is 3. The highest BCUT2D eigenvalue weighted by Crippen LogP contribution is 2.42. The van der Waals surface area contributed by atoms with Gasteiger partial charge in [-0.05, 0) is 54.8 Å². The van der Waals surface area contributed by atoms with Gasteiger partial charge in [-0.15, -0.1) is 0 Å². The van der Waals surface area contributed by atoms with E-state index in [-0.39, 0.29) is 24.5 Å². The number of aromatic nitrogens is 1. The molecule has 0 saturated heterocycles. The number of para-hydroxylation sites is 2. The number of rotatable bonds is 9. The lowest BCUT2D eigenvalue weighted by molar-refractivity contribution is -0.119. The van der Waals surface area contributed by atoms with Crippen LogP contribution in [0, 0.1) is 0 Å². The molecule has 1 unspecified atom stereocenters. The Hall–Kier alpha value is -3.25.